The highest BCUT2D eigenvalue weighted by Gasteiger charge is 2.37. The second-order valence-electron chi connectivity index (χ2n) is 10.1. The molecule has 2 amide bonds. The highest BCUT2D eigenvalue weighted by molar-refractivity contribution is 7.93. The fraction of sp³-hybridized carbons (Fsp3) is 0.519. The summed E-state index contributed by atoms with van der Waals surface area (Å²) < 4.78 is 37.6. The molecule has 0 spiro atoms. The van der Waals surface area contributed by atoms with E-state index in [1.807, 2.05) is 6.20 Å². The summed E-state index contributed by atoms with van der Waals surface area (Å²) in [6.45, 7) is 7.09. The number of ether oxygens (including phenoxy) is 2. The lowest BCUT2D eigenvalue weighted by Crippen LogP contribution is -2.49. The Morgan fingerprint density at radius 2 is 1.92 bits per heavy atom. The maximum atomic E-state index is 13.8. The summed E-state index contributed by atoms with van der Waals surface area (Å²) in [6.07, 6.45) is 2.77. The number of methoxy groups -OCH3 is 1. The molecule has 4 heterocycles. The van der Waals surface area contributed by atoms with Crippen LogP contribution in [0.1, 0.15) is 34.8 Å². The predicted octanol–water partition coefficient (Wildman–Crippen LogP) is 2.43. The molecule has 3 fully saturated rings. The largest absolute Gasteiger partial charge is 0.447 e. The van der Waals surface area contributed by atoms with Crippen molar-refractivity contribution in [3.8, 4) is 0 Å². The monoisotopic (exact) mass is 557 g/mol. The van der Waals surface area contributed by atoms with Crippen molar-refractivity contribution >= 4 is 39.2 Å². The summed E-state index contributed by atoms with van der Waals surface area (Å²) in [4.78, 5) is 36.4. The van der Waals surface area contributed by atoms with Crippen LogP contribution in [0.25, 0.3) is 0 Å². The zero-order valence-corrected chi connectivity index (χ0v) is 23.4. The Labute approximate surface area is 229 Å². The van der Waals surface area contributed by atoms with Crippen molar-refractivity contribution < 1.29 is 27.5 Å². The molecule has 0 saturated carbocycles. The first-order chi connectivity index (χ1) is 18.7. The minimum absolute atomic E-state index is 0.0186. The molecule has 1 atom stereocenters. The average molecular weight is 558 g/mol. The number of rotatable bonds is 7. The van der Waals surface area contributed by atoms with E-state index in [0.29, 0.717) is 49.5 Å². The fourth-order valence-electron chi connectivity index (χ4n) is 5.50. The third kappa shape index (κ3) is 5.27. The first kappa shape index (κ1) is 27.2. The molecule has 3 aliphatic heterocycles. The third-order valence-corrected chi connectivity index (χ3v) is 9.42. The lowest BCUT2D eigenvalue weighted by atomic mass is 10.1. The first-order valence-electron chi connectivity index (χ1n) is 13.3. The quantitative estimate of drug-likeness (QED) is 0.510. The highest BCUT2D eigenvalue weighted by atomic mass is 32.2. The van der Waals surface area contributed by atoms with E-state index in [0.717, 1.165) is 17.8 Å². The van der Waals surface area contributed by atoms with Gasteiger partial charge in [0.2, 0.25) is 10.0 Å². The Kier molecular flexibility index (Phi) is 7.68. The summed E-state index contributed by atoms with van der Waals surface area (Å²) in [6, 6.07) is 6.72. The van der Waals surface area contributed by atoms with E-state index in [-0.39, 0.29) is 37.5 Å². The van der Waals surface area contributed by atoms with Crippen LogP contribution in [-0.2, 0) is 25.9 Å². The molecule has 0 N–H and O–H groups in total. The Bertz CT molecular complexity index is 1360. The van der Waals surface area contributed by atoms with E-state index in [9.17, 15) is 18.0 Å². The molecule has 1 aromatic carbocycles. The van der Waals surface area contributed by atoms with Gasteiger partial charge in [0.1, 0.15) is 12.4 Å². The number of piperazine rings is 1. The number of carbonyl (C=O) groups excluding carboxylic acids is 2. The molecular weight excluding hydrogens is 522 g/mol. The molecule has 5 rings (SSSR count). The van der Waals surface area contributed by atoms with Gasteiger partial charge in [0.15, 0.2) is 0 Å². The van der Waals surface area contributed by atoms with E-state index in [4.69, 9.17) is 9.47 Å². The highest BCUT2D eigenvalue weighted by Crippen LogP contribution is 2.35. The van der Waals surface area contributed by atoms with E-state index in [1.54, 1.807) is 30.2 Å². The van der Waals surface area contributed by atoms with Crippen molar-refractivity contribution in [1.82, 2.24) is 9.88 Å². The van der Waals surface area contributed by atoms with Gasteiger partial charge in [0.25, 0.3) is 5.91 Å². The second-order valence-corrected chi connectivity index (χ2v) is 12.1. The van der Waals surface area contributed by atoms with E-state index >= 15 is 0 Å². The Morgan fingerprint density at radius 1 is 1.15 bits per heavy atom. The van der Waals surface area contributed by atoms with Crippen molar-refractivity contribution in [1.29, 1.82) is 0 Å². The van der Waals surface area contributed by atoms with Gasteiger partial charge in [0, 0.05) is 51.7 Å². The lowest BCUT2D eigenvalue weighted by Gasteiger charge is -2.36. The Balaban J connectivity index is 1.41. The molecule has 3 saturated heterocycles. The van der Waals surface area contributed by atoms with Gasteiger partial charge in [-0.25, -0.2) is 18.2 Å². The Hall–Kier alpha value is -3.38. The van der Waals surface area contributed by atoms with E-state index in [1.165, 1.54) is 14.8 Å². The zero-order valence-electron chi connectivity index (χ0n) is 22.6. The predicted molar refractivity (Wildman–Crippen MR) is 148 cm³/mol. The normalized spacial score (nSPS) is 21.0. The standard InChI is InChI=1S/C27H35N5O6S/c1-4-20-14-19(2)25(28-16-20)29-9-11-30(12-10-29)26(33)23-7-6-21(32-22(17-37-3)18-38-27(32)34)15-24(23)31-8-5-13-39(31,35)36/h6-7,14-16,22H,4-5,8-13,17-18H2,1-3H3/t22-/m1/s1. The molecule has 0 radical (unpaired) electrons. The molecule has 0 aliphatic carbocycles. The van der Waals surface area contributed by atoms with Crippen molar-refractivity contribution in [2.24, 2.45) is 0 Å². The van der Waals surface area contributed by atoms with Gasteiger partial charge in [-0.2, -0.15) is 0 Å². The number of nitrogens with zero attached hydrogens (tertiary/aromatic N) is 5. The second kappa shape index (κ2) is 11.0. The molecule has 3 aliphatic rings. The summed E-state index contributed by atoms with van der Waals surface area (Å²) >= 11 is 0. The molecule has 0 unspecified atom stereocenters. The van der Waals surface area contributed by atoms with Gasteiger partial charge >= 0.3 is 6.09 Å². The molecule has 1 aromatic heterocycles. The Morgan fingerprint density at radius 3 is 2.56 bits per heavy atom. The van der Waals surface area contributed by atoms with Crippen LogP contribution in [0.3, 0.4) is 0 Å². The summed E-state index contributed by atoms with van der Waals surface area (Å²) in [5.41, 5.74) is 3.36. The maximum absolute atomic E-state index is 13.8. The van der Waals surface area contributed by atoms with E-state index < -0.39 is 16.1 Å². The summed E-state index contributed by atoms with van der Waals surface area (Å²) in [7, 11) is -2.03. The van der Waals surface area contributed by atoms with Crippen LogP contribution in [0.5, 0.6) is 0 Å². The minimum Gasteiger partial charge on any atom is -0.447 e. The molecule has 12 heteroatoms. The molecule has 39 heavy (non-hydrogen) atoms. The average Bonchev–Trinajstić information content (AvgIpc) is 3.48. The van der Waals surface area contributed by atoms with Gasteiger partial charge in [-0.15, -0.1) is 0 Å². The summed E-state index contributed by atoms with van der Waals surface area (Å²) in [5, 5.41) is 0. The van der Waals surface area contributed by atoms with Crippen LogP contribution in [-0.4, -0.2) is 95.1 Å². The fourth-order valence-corrected chi connectivity index (χ4v) is 7.07. The smallest absolute Gasteiger partial charge is 0.414 e. The van der Waals surface area contributed by atoms with Crippen molar-refractivity contribution in [3.05, 3.63) is 47.2 Å². The minimum atomic E-state index is -3.57. The van der Waals surface area contributed by atoms with E-state index in [2.05, 4.69) is 29.8 Å². The first-order valence-corrected chi connectivity index (χ1v) is 14.9. The van der Waals surface area contributed by atoms with Crippen molar-refractivity contribution in [2.45, 2.75) is 32.7 Å². The maximum Gasteiger partial charge on any atom is 0.414 e. The number of pyridine rings is 1. The number of anilines is 3. The number of aromatic nitrogens is 1. The van der Waals surface area contributed by atoms with Gasteiger partial charge in [-0.1, -0.05) is 13.0 Å². The topological polar surface area (TPSA) is 113 Å². The zero-order chi connectivity index (χ0) is 27.7. The molecule has 210 valence electrons. The number of amides is 2. The number of cyclic esters (lactones) is 1. The number of sulfonamides is 1. The van der Waals surface area contributed by atoms with Gasteiger partial charge in [0.05, 0.1) is 29.7 Å². The summed E-state index contributed by atoms with van der Waals surface area (Å²) in [5.74, 6) is 0.711. The molecule has 2 aromatic rings. The molecule has 11 nitrogen and oxygen atoms in total. The van der Waals surface area contributed by atoms with Crippen LogP contribution < -0.4 is 14.1 Å². The SMILES string of the molecule is CCc1cnc(N2CCN(C(=O)c3ccc(N4C(=O)OC[C@H]4COC)cc3N3CCCS3(=O)=O)CC2)c(C)c1. The van der Waals surface area contributed by atoms with Crippen LogP contribution >= 0.6 is 0 Å². The molecular formula is C27H35N5O6S. The number of hydrogen-bond donors (Lipinski definition) is 0. The van der Waals surface area contributed by atoms with Crippen LogP contribution in [0, 0.1) is 6.92 Å². The number of hydrogen-bond acceptors (Lipinski definition) is 8. The van der Waals surface area contributed by atoms with Gasteiger partial charge in [-0.3, -0.25) is 14.0 Å². The number of aryl methyl sites for hydroxylation is 2. The lowest BCUT2D eigenvalue weighted by molar-refractivity contribution is 0.0747. The molecule has 0 bridgehead atoms. The van der Waals surface area contributed by atoms with Gasteiger partial charge < -0.3 is 19.3 Å². The van der Waals surface area contributed by atoms with Crippen LogP contribution in [0.4, 0.5) is 22.0 Å². The third-order valence-electron chi connectivity index (χ3n) is 7.56. The van der Waals surface area contributed by atoms with Crippen molar-refractivity contribution in [3.63, 3.8) is 0 Å². The van der Waals surface area contributed by atoms with Crippen LogP contribution in [0.15, 0.2) is 30.5 Å². The van der Waals surface area contributed by atoms with Crippen LogP contribution in [0.2, 0.25) is 0 Å². The van der Waals surface area contributed by atoms with Crippen molar-refractivity contribution in [2.75, 3.05) is 72.9 Å². The van der Waals surface area contributed by atoms with Gasteiger partial charge in [-0.05, 0) is 49.1 Å². The number of carbonyl (C=O) groups is 2. The number of benzene rings is 1.